The van der Waals surface area contributed by atoms with E-state index in [1.54, 1.807) is 0 Å². The lowest BCUT2D eigenvalue weighted by Crippen LogP contribution is -2.49. The van der Waals surface area contributed by atoms with Crippen LogP contribution in [0.25, 0.3) is 0 Å². The quantitative estimate of drug-likeness (QED) is 0.807. The number of ether oxygens (including phenoxy) is 2. The van der Waals surface area contributed by atoms with Gasteiger partial charge >= 0.3 is 0 Å². The first-order valence-electron chi connectivity index (χ1n) is 10.6. The van der Waals surface area contributed by atoms with Gasteiger partial charge in [0.25, 0.3) is 0 Å². The number of rotatable bonds is 4. The van der Waals surface area contributed by atoms with Gasteiger partial charge < -0.3 is 19.7 Å². The highest BCUT2D eigenvalue weighted by molar-refractivity contribution is 5.85. The molecule has 4 rings (SSSR count). The van der Waals surface area contributed by atoms with Crippen molar-refractivity contribution in [1.29, 1.82) is 0 Å². The van der Waals surface area contributed by atoms with Gasteiger partial charge in [-0.2, -0.15) is 0 Å². The highest BCUT2D eigenvalue weighted by Gasteiger charge is 2.40. The molecule has 3 saturated heterocycles. The molecule has 1 saturated carbocycles. The number of hydrogen-bond acceptors (Lipinski definition) is 4. The lowest BCUT2D eigenvalue weighted by molar-refractivity contribution is -0.136. The van der Waals surface area contributed by atoms with Crippen LogP contribution in [-0.4, -0.2) is 61.4 Å². The Morgan fingerprint density at radius 3 is 2.54 bits per heavy atom. The lowest BCUT2D eigenvalue weighted by atomic mass is 9.85. The summed E-state index contributed by atoms with van der Waals surface area (Å²) in [6, 6.07) is 0.667. The van der Waals surface area contributed by atoms with E-state index in [0.717, 1.165) is 57.9 Å². The van der Waals surface area contributed by atoms with Gasteiger partial charge in [0.2, 0.25) is 5.91 Å². The molecule has 150 valence electrons. The number of halogens is 1. The Bertz CT molecular complexity index is 436. The molecule has 5 nitrogen and oxygen atoms in total. The zero-order valence-corrected chi connectivity index (χ0v) is 16.7. The molecule has 0 bridgehead atoms. The first kappa shape index (κ1) is 20.4. The molecule has 0 radical (unpaired) electrons. The van der Waals surface area contributed by atoms with Gasteiger partial charge in [0.05, 0.1) is 24.9 Å². The Hall–Kier alpha value is -0.360. The van der Waals surface area contributed by atoms with E-state index in [4.69, 9.17) is 9.47 Å². The molecule has 3 aliphatic heterocycles. The van der Waals surface area contributed by atoms with Crippen LogP contribution in [0.1, 0.15) is 64.2 Å². The van der Waals surface area contributed by atoms with E-state index in [-0.39, 0.29) is 18.4 Å². The fourth-order valence-corrected chi connectivity index (χ4v) is 5.16. The molecule has 0 spiro atoms. The third-order valence-corrected chi connectivity index (χ3v) is 6.71. The smallest absolute Gasteiger partial charge is 0.239 e. The number of likely N-dealkylation sites (tertiary alicyclic amines) is 1. The van der Waals surface area contributed by atoms with Crippen molar-refractivity contribution in [1.82, 2.24) is 10.2 Å². The van der Waals surface area contributed by atoms with Crippen LogP contribution in [0.15, 0.2) is 0 Å². The van der Waals surface area contributed by atoms with Crippen molar-refractivity contribution in [2.24, 2.45) is 5.92 Å². The van der Waals surface area contributed by atoms with Gasteiger partial charge in [-0.3, -0.25) is 4.79 Å². The van der Waals surface area contributed by atoms with Crippen molar-refractivity contribution in [3.05, 3.63) is 0 Å². The molecule has 4 unspecified atom stereocenters. The number of hydrogen-bond donors (Lipinski definition) is 1. The second-order valence-electron chi connectivity index (χ2n) is 8.45. The van der Waals surface area contributed by atoms with Crippen LogP contribution in [0.4, 0.5) is 0 Å². The Labute approximate surface area is 164 Å². The first-order valence-corrected chi connectivity index (χ1v) is 10.6. The molecule has 1 N–H and O–H groups in total. The van der Waals surface area contributed by atoms with Gasteiger partial charge in [-0.25, -0.2) is 0 Å². The molecule has 4 fully saturated rings. The maximum absolute atomic E-state index is 12.9. The summed E-state index contributed by atoms with van der Waals surface area (Å²) in [7, 11) is 0. The Morgan fingerprint density at radius 2 is 1.81 bits per heavy atom. The van der Waals surface area contributed by atoms with E-state index in [1.165, 1.54) is 38.5 Å². The van der Waals surface area contributed by atoms with Crippen molar-refractivity contribution in [2.75, 3.05) is 26.3 Å². The first-order chi connectivity index (χ1) is 12.3. The topological polar surface area (TPSA) is 50.8 Å². The minimum Gasteiger partial charge on any atom is -0.376 e. The molecule has 26 heavy (non-hydrogen) atoms. The Kier molecular flexibility index (Phi) is 7.62. The third-order valence-electron chi connectivity index (χ3n) is 6.71. The Morgan fingerprint density at radius 1 is 1.04 bits per heavy atom. The molecule has 4 aliphatic rings. The van der Waals surface area contributed by atoms with Crippen LogP contribution in [0.3, 0.4) is 0 Å². The van der Waals surface area contributed by atoms with Gasteiger partial charge in [-0.15, -0.1) is 12.4 Å². The average Bonchev–Trinajstić information content (AvgIpc) is 3.11. The standard InChI is InChI=1S/C20H34N2O3.ClH/c23-20(19-13-15-5-1-2-7-18(15)21-19)22-10-8-16(9-11-22)25-14-17-6-3-4-12-24-17;/h15-19,21H,1-14H2;1H. The molecular formula is C20H35ClN2O3. The second kappa shape index (κ2) is 9.72. The number of nitrogens with zero attached hydrogens (tertiary/aromatic N) is 1. The summed E-state index contributed by atoms with van der Waals surface area (Å²) in [4.78, 5) is 14.9. The van der Waals surface area contributed by atoms with Crippen LogP contribution in [-0.2, 0) is 14.3 Å². The minimum atomic E-state index is 0. The van der Waals surface area contributed by atoms with Crippen molar-refractivity contribution in [3.63, 3.8) is 0 Å². The van der Waals surface area contributed by atoms with E-state index in [9.17, 15) is 4.79 Å². The highest BCUT2D eigenvalue weighted by Crippen LogP contribution is 2.34. The lowest BCUT2D eigenvalue weighted by Gasteiger charge is -2.34. The van der Waals surface area contributed by atoms with Gasteiger partial charge in [0.1, 0.15) is 0 Å². The molecule has 1 aliphatic carbocycles. The molecule has 6 heteroatoms. The van der Waals surface area contributed by atoms with Crippen LogP contribution in [0.5, 0.6) is 0 Å². The summed E-state index contributed by atoms with van der Waals surface area (Å²) in [5, 5.41) is 3.63. The number of carbonyl (C=O) groups excluding carboxylic acids is 1. The molecule has 0 aromatic carbocycles. The summed E-state index contributed by atoms with van der Waals surface area (Å²) in [5.41, 5.74) is 0. The van der Waals surface area contributed by atoms with Gasteiger partial charge in [0, 0.05) is 25.7 Å². The predicted molar refractivity (Wildman–Crippen MR) is 104 cm³/mol. The number of piperidine rings is 1. The zero-order valence-electron chi connectivity index (χ0n) is 15.9. The van der Waals surface area contributed by atoms with Crippen molar-refractivity contribution >= 4 is 18.3 Å². The van der Waals surface area contributed by atoms with Gasteiger partial charge in [0.15, 0.2) is 0 Å². The van der Waals surface area contributed by atoms with Crippen LogP contribution in [0.2, 0.25) is 0 Å². The van der Waals surface area contributed by atoms with Gasteiger partial charge in [-0.05, 0) is 57.3 Å². The Balaban J connectivity index is 0.00000196. The van der Waals surface area contributed by atoms with Crippen molar-refractivity contribution < 1.29 is 14.3 Å². The molecule has 0 aromatic rings. The maximum atomic E-state index is 12.9. The normalized spacial score (nSPS) is 35.6. The average molecular weight is 387 g/mol. The molecule has 3 heterocycles. The monoisotopic (exact) mass is 386 g/mol. The van der Waals surface area contributed by atoms with E-state index < -0.39 is 0 Å². The summed E-state index contributed by atoms with van der Waals surface area (Å²) in [6.07, 6.45) is 12.4. The second-order valence-corrected chi connectivity index (χ2v) is 8.45. The van der Waals surface area contributed by atoms with E-state index in [1.807, 2.05) is 0 Å². The predicted octanol–water partition coefficient (Wildman–Crippen LogP) is 2.91. The van der Waals surface area contributed by atoms with Crippen molar-refractivity contribution in [2.45, 2.75) is 88.5 Å². The fourth-order valence-electron chi connectivity index (χ4n) is 5.16. The number of fused-ring (bicyclic) bond motifs is 1. The largest absolute Gasteiger partial charge is 0.376 e. The summed E-state index contributed by atoms with van der Waals surface area (Å²) >= 11 is 0. The van der Waals surface area contributed by atoms with Crippen LogP contribution < -0.4 is 5.32 Å². The molecular weight excluding hydrogens is 352 g/mol. The maximum Gasteiger partial charge on any atom is 0.239 e. The number of carbonyl (C=O) groups is 1. The van der Waals surface area contributed by atoms with E-state index in [2.05, 4.69) is 10.2 Å². The molecule has 1 amide bonds. The SMILES string of the molecule is Cl.O=C(C1CC2CCCCC2N1)N1CCC(OCC2CCCCO2)CC1. The van der Waals surface area contributed by atoms with E-state index >= 15 is 0 Å². The van der Waals surface area contributed by atoms with Crippen LogP contribution >= 0.6 is 12.4 Å². The highest BCUT2D eigenvalue weighted by atomic mass is 35.5. The molecule has 0 aromatic heterocycles. The zero-order chi connectivity index (χ0) is 17.1. The fraction of sp³-hybridized carbons (Fsp3) is 0.950. The molecule has 4 atom stereocenters. The van der Waals surface area contributed by atoms with Crippen molar-refractivity contribution in [3.8, 4) is 0 Å². The third kappa shape index (κ3) is 4.92. The summed E-state index contributed by atoms with van der Waals surface area (Å²) in [5.74, 6) is 1.07. The minimum absolute atomic E-state index is 0. The van der Waals surface area contributed by atoms with Crippen LogP contribution in [0, 0.1) is 5.92 Å². The number of nitrogens with one attached hydrogen (secondary N) is 1. The van der Waals surface area contributed by atoms with E-state index in [0.29, 0.717) is 24.2 Å². The summed E-state index contributed by atoms with van der Waals surface area (Å²) in [6.45, 7) is 3.31. The summed E-state index contributed by atoms with van der Waals surface area (Å²) < 4.78 is 11.8. The number of amides is 1. The van der Waals surface area contributed by atoms with Gasteiger partial charge in [-0.1, -0.05) is 12.8 Å².